The minimum atomic E-state index is 0.536. The van der Waals surface area contributed by atoms with Crippen molar-refractivity contribution in [1.29, 1.82) is 0 Å². The number of hydrogen-bond acceptors (Lipinski definition) is 4. The monoisotopic (exact) mass is 312 g/mol. The van der Waals surface area contributed by atoms with Gasteiger partial charge in [-0.05, 0) is 34.8 Å². The number of aromatic nitrogens is 2. The van der Waals surface area contributed by atoms with Gasteiger partial charge in [0.25, 0.3) is 0 Å². The maximum absolute atomic E-state index is 4.38. The third-order valence-electron chi connectivity index (χ3n) is 3.81. The quantitative estimate of drug-likeness (QED) is 0.858. The minimum absolute atomic E-state index is 0.536. The first-order valence-corrected chi connectivity index (χ1v) is 7.33. The van der Waals surface area contributed by atoms with Crippen molar-refractivity contribution >= 4 is 21.9 Å². The molecule has 2 heterocycles. The number of piperidine rings is 1. The van der Waals surface area contributed by atoms with Crippen LogP contribution in [-0.4, -0.2) is 47.6 Å². The molecular weight excluding hydrogens is 292 g/mol. The van der Waals surface area contributed by atoms with E-state index < -0.39 is 0 Å². The molecule has 100 valence electrons. The average molecular weight is 313 g/mol. The molecule has 1 saturated heterocycles. The Morgan fingerprint density at radius 2 is 2.11 bits per heavy atom. The summed E-state index contributed by atoms with van der Waals surface area (Å²) in [6.07, 6.45) is 4.81. The van der Waals surface area contributed by atoms with E-state index in [1.807, 2.05) is 12.4 Å². The van der Waals surface area contributed by atoms with E-state index in [2.05, 4.69) is 56.6 Å². The Balaban J connectivity index is 2.05. The van der Waals surface area contributed by atoms with E-state index in [1.165, 1.54) is 19.5 Å². The zero-order chi connectivity index (χ0) is 13.1. The van der Waals surface area contributed by atoms with Crippen LogP contribution in [0.5, 0.6) is 0 Å². The molecule has 5 heteroatoms. The van der Waals surface area contributed by atoms with E-state index >= 15 is 0 Å². The molecular formula is C13H21BrN4. The summed E-state index contributed by atoms with van der Waals surface area (Å²) in [6.45, 7) is 8.04. The van der Waals surface area contributed by atoms with Crippen LogP contribution in [0, 0.1) is 5.92 Å². The fourth-order valence-electron chi connectivity index (χ4n) is 2.72. The van der Waals surface area contributed by atoms with Crippen LogP contribution in [-0.2, 0) is 0 Å². The second-order valence-electron chi connectivity index (χ2n) is 5.04. The number of anilines is 1. The van der Waals surface area contributed by atoms with Gasteiger partial charge in [-0.1, -0.05) is 13.8 Å². The van der Waals surface area contributed by atoms with Gasteiger partial charge in [0.05, 0.1) is 4.47 Å². The van der Waals surface area contributed by atoms with E-state index in [4.69, 9.17) is 0 Å². The molecule has 0 spiro atoms. The van der Waals surface area contributed by atoms with Crippen LogP contribution in [0.2, 0.25) is 0 Å². The Morgan fingerprint density at radius 3 is 2.67 bits per heavy atom. The third kappa shape index (κ3) is 3.01. The normalized spacial score (nSPS) is 25.1. The molecule has 0 bridgehead atoms. The summed E-state index contributed by atoms with van der Waals surface area (Å²) < 4.78 is 0.925. The highest BCUT2D eigenvalue weighted by Gasteiger charge is 2.29. The molecule has 1 aliphatic heterocycles. The van der Waals surface area contributed by atoms with Gasteiger partial charge in [0.1, 0.15) is 0 Å². The Labute approximate surface area is 118 Å². The largest absolute Gasteiger partial charge is 0.341 e. The molecule has 1 aliphatic rings. The highest BCUT2D eigenvalue weighted by molar-refractivity contribution is 9.10. The maximum atomic E-state index is 4.38. The minimum Gasteiger partial charge on any atom is -0.341 e. The van der Waals surface area contributed by atoms with Crippen LogP contribution >= 0.6 is 15.9 Å². The Morgan fingerprint density at radius 1 is 1.44 bits per heavy atom. The third-order valence-corrected chi connectivity index (χ3v) is 4.22. The SMILES string of the molecule is CCN1CC[C@H](N(C)c2ncc(Br)cn2)[C@@H](C)C1. The van der Waals surface area contributed by atoms with Crippen molar-refractivity contribution in [2.45, 2.75) is 26.3 Å². The Hall–Kier alpha value is -0.680. The van der Waals surface area contributed by atoms with E-state index in [0.29, 0.717) is 12.0 Å². The first-order chi connectivity index (χ1) is 8.61. The van der Waals surface area contributed by atoms with Crippen molar-refractivity contribution in [3.8, 4) is 0 Å². The predicted octanol–water partition coefficient (Wildman–Crippen LogP) is 2.41. The lowest BCUT2D eigenvalue weighted by Crippen LogP contribution is -2.49. The molecule has 4 nitrogen and oxygen atoms in total. The first-order valence-electron chi connectivity index (χ1n) is 6.54. The van der Waals surface area contributed by atoms with E-state index in [0.717, 1.165) is 17.0 Å². The van der Waals surface area contributed by atoms with Crippen LogP contribution in [0.15, 0.2) is 16.9 Å². The lowest BCUT2D eigenvalue weighted by Gasteiger charge is -2.40. The zero-order valence-electron chi connectivity index (χ0n) is 11.3. The molecule has 18 heavy (non-hydrogen) atoms. The van der Waals surface area contributed by atoms with Crippen molar-refractivity contribution < 1.29 is 0 Å². The van der Waals surface area contributed by atoms with Crippen LogP contribution < -0.4 is 4.90 Å². The fraction of sp³-hybridized carbons (Fsp3) is 0.692. The Kier molecular flexibility index (Phi) is 4.56. The fourth-order valence-corrected chi connectivity index (χ4v) is 2.92. The van der Waals surface area contributed by atoms with E-state index in [1.54, 1.807) is 0 Å². The summed E-state index contributed by atoms with van der Waals surface area (Å²) in [7, 11) is 2.10. The highest BCUT2D eigenvalue weighted by Crippen LogP contribution is 2.23. The number of nitrogens with zero attached hydrogens (tertiary/aromatic N) is 4. The van der Waals surface area contributed by atoms with Crippen molar-refractivity contribution in [3.63, 3.8) is 0 Å². The lowest BCUT2D eigenvalue weighted by molar-refractivity contribution is 0.168. The second-order valence-corrected chi connectivity index (χ2v) is 5.95. The van der Waals surface area contributed by atoms with Gasteiger partial charge in [-0.2, -0.15) is 0 Å². The second kappa shape index (κ2) is 5.97. The standard InChI is InChI=1S/C13H21BrN4/c1-4-18-6-5-12(10(2)9-18)17(3)13-15-7-11(14)8-16-13/h7-8,10,12H,4-6,9H2,1-3H3/t10-,12-/m0/s1. The van der Waals surface area contributed by atoms with Gasteiger partial charge in [-0.25, -0.2) is 9.97 Å². The molecule has 1 fully saturated rings. The van der Waals surface area contributed by atoms with Crippen molar-refractivity contribution in [2.24, 2.45) is 5.92 Å². The summed E-state index contributed by atoms with van der Waals surface area (Å²) in [6, 6.07) is 0.536. The van der Waals surface area contributed by atoms with E-state index in [9.17, 15) is 0 Å². The highest BCUT2D eigenvalue weighted by atomic mass is 79.9. The van der Waals surface area contributed by atoms with Crippen molar-refractivity contribution in [3.05, 3.63) is 16.9 Å². The molecule has 0 aromatic carbocycles. The maximum Gasteiger partial charge on any atom is 0.225 e. The van der Waals surface area contributed by atoms with Gasteiger partial charge in [-0.3, -0.25) is 0 Å². The zero-order valence-corrected chi connectivity index (χ0v) is 12.9. The molecule has 0 unspecified atom stereocenters. The predicted molar refractivity (Wildman–Crippen MR) is 77.8 cm³/mol. The average Bonchev–Trinajstić information content (AvgIpc) is 2.38. The summed E-state index contributed by atoms with van der Waals surface area (Å²) in [4.78, 5) is 13.5. The van der Waals surface area contributed by atoms with Crippen LogP contribution in [0.4, 0.5) is 5.95 Å². The molecule has 2 atom stereocenters. The molecule has 1 aromatic heterocycles. The molecule has 0 amide bonds. The van der Waals surface area contributed by atoms with Crippen molar-refractivity contribution in [2.75, 3.05) is 31.6 Å². The molecule has 1 aromatic rings. The van der Waals surface area contributed by atoms with Gasteiger partial charge >= 0.3 is 0 Å². The van der Waals surface area contributed by atoms with Gasteiger partial charge < -0.3 is 9.80 Å². The smallest absolute Gasteiger partial charge is 0.225 e. The summed E-state index contributed by atoms with van der Waals surface area (Å²) >= 11 is 3.37. The Bertz CT molecular complexity index is 381. The number of halogens is 1. The van der Waals surface area contributed by atoms with Gasteiger partial charge in [0.15, 0.2) is 0 Å². The number of likely N-dealkylation sites (tertiary alicyclic amines) is 1. The van der Waals surface area contributed by atoms with Crippen LogP contribution in [0.3, 0.4) is 0 Å². The number of hydrogen-bond donors (Lipinski definition) is 0. The molecule has 0 saturated carbocycles. The molecule has 2 rings (SSSR count). The van der Waals surface area contributed by atoms with Crippen LogP contribution in [0.1, 0.15) is 20.3 Å². The molecule has 0 aliphatic carbocycles. The van der Waals surface area contributed by atoms with Gasteiger partial charge in [0, 0.05) is 38.6 Å². The first kappa shape index (κ1) is 13.7. The van der Waals surface area contributed by atoms with Gasteiger partial charge in [0.2, 0.25) is 5.95 Å². The van der Waals surface area contributed by atoms with Crippen molar-refractivity contribution in [1.82, 2.24) is 14.9 Å². The molecule has 0 N–H and O–H groups in total. The van der Waals surface area contributed by atoms with Gasteiger partial charge in [-0.15, -0.1) is 0 Å². The summed E-state index contributed by atoms with van der Waals surface area (Å²) in [5.41, 5.74) is 0. The summed E-state index contributed by atoms with van der Waals surface area (Å²) in [5, 5.41) is 0. The molecule has 0 radical (unpaired) electrons. The summed E-state index contributed by atoms with van der Waals surface area (Å²) in [5.74, 6) is 1.47. The number of rotatable bonds is 3. The van der Waals surface area contributed by atoms with Crippen LogP contribution in [0.25, 0.3) is 0 Å². The lowest BCUT2D eigenvalue weighted by atomic mass is 9.93. The van der Waals surface area contributed by atoms with E-state index in [-0.39, 0.29) is 0 Å². The topological polar surface area (TPSA) is 32.3 Å².